The molecule has 4 aromatic rings. The second-order valence-electron chi connectivity index (χ2n) is 7.70. The lowest BCUT2D eigenvalue weighted by Crippen LogP contribution is -2.31. The van der Waals surface area contributed by atoms with E-state index in [4.69, 9.17) is 9.26 Å². The number of ether oxygens (including phenoxy) is 1. The molecule has 4 rings (SSSR count). The third kappa shape index (κ3) is 4.80. The van der Waals surface area contributed by atoms with Crippen LogP contribution in [0.5, 0.6) is 0 Å². The van der Waals surface area contributed by atoms with E-state index < -0.39 is 17.2 Å². The molecule has 0 saturated carbocycles. The summed E-state index contributed by atoms with van der Waals surface area (Å²) in [4.78, 5) is 47.6. The summed E-state index contributed by atoms with van der Waals surface area (Å²) in [6.45, 7) is 2.24. The Morgan fingerprint density at radius 1 is 1.21 bits per heavy atom. The lowest BCUT2D eigenvalue weighted by Gasteiger charge is -2.04. The maximum Gasteiger partial charge on any atom is 0.330 e. The molecule has 178 valence electrons. The first-order chi connectivity index (χ1) is 16.4. The summed E-state index contributed by atoms with van der Waals surface area (Å²) in [5.74, 6) is -0.0236. The van der Waals surface area contributed by atoms with Gasteiger partial charge in [-0.05, 0) is 30.7 Å². The molecule has 0 radical (unpaired) electrons. The van der Waals surface area contributed by atoms with E-state index in [0.29, 0.717) is 23.8 Å². The zero-order valence-corrected chi connectivity index (χ0v) is 18.7. The molecule has 3 heterocycles. The number of benzene rings is 1. The van der Waals surface area contributed by atoms with Gasteiger partial charge in [0.25, 0.3) is 5.56 Å². The highest BCUT2D eigenvalue weighted by molar-refractivity contribution is 5.71. The maximum absolute atomic E-state index is 13.1. The summed E-state index contributed by atoms with van der Waals surface area (Å²) in [7, 11) is 1.62. The smallest absolute Gasteiger partial charge is 0.330 e. The van der Waals surface area contributed by atoms with E-state index >= 15 is 0 Å². The topological polar surface area (TPSA) is 138 Å². The van der Waals surface area contributed by atoms with Crippen LogP contribution >= 0.6 is 0 Å². The summed E-state index contributed by atoms with van der Waals surface area (Å²) in [5.41, 5.74) is 0.0185. The van der Waals surface area contributed by atoms with Crippen molar-refractivity contribution in [3.05, 3.63) is 62.6 Å². The average molecular weight is 470 g/mol. The van der Waals surface area contributed by atoms with Gasteiger partial charge in [-0.15, -0.1) is 0 Å². The molecule has 34 heavy (non-hydrogen) atoms. The molecule has 1 N–H and O–H groups in total. The minimum absolute atomic E-state index is 0.0171. The van der Waals surface area contributed by atoms with Crippen LogP contribution in [0.4, 0.5) is 4.39 Å². The van der Waals surface area contributed by atoms with Crippen molar-refractivity contribution in [2.45, 2.75) is 45.8 Å². The van der Waals surface area contributed by atoms with Crippen LogP contribution in [0.3, 0.4) is 0 Å². The quantitative estimate of drug-likeness (QED) is 0.367. The van der Waals surface area contributed by atoms with Gasteiger partial charge in [0, 0.05) is 25.6 Å². The van der Waals surface area contributed by atoms with Crippen molar-refractivity contribution in [2.24, 2.45) is 7.05 Å². The number of unbranched alkanes of at least 4 members (excludes halogenated alkanes) is 1. The molecule has 0 aliphatic rings. The molecule has 0 spiro atoms. The van der Waals surface area contributed by atoms with Crippen LogP contribution in [0.15, 0.2) is 38.4 Å². The van der Waals surface area contributed by atoms with Crippen LogP contribution < -0.4 is 11.2 Å². The molecule has 0 aliphatic heterocycles. The van der Waals surface area contributed by atoms with E-state index in [1.807, 2.05) is 6.92 Å². The second kappa shape index (κ2) is 9.81. The van der Waals surface area contributed by atoms with Gasteiger partial charge < -0.3 is 13.8 Å². The number of carbonyl (C=O) groups excluding carboxylic acids is 1. The minimum Gasteiger partial charge on any atom is -0.457 e. The van der Waals surface area contributed by atoms with Gasteiger partial charge in [0.2, 0.25) is 11.7 Å². The number of carbonyl (C=O) groups is 1. The zero-order chi connectivity index (χ0) is 24.2. The fraction of sp³-hybridized carbons (Fsp3) is 0.364. The molecular weight excluding hydrogens is 447 g/mol. The molecule has 0 aliphatic carbocycles. The van der Waals surface area contributed by atoms with E-state index in [1.165, 1.54) is 33.4 Å². The van der Waals surface area contributed by atoms with Crippen LogP contribution in [-0.4, -0.2) is 35.2 Å². The molecule has 0 fully saturated rings. The van der Waals surface area contributed by atoms with Gasteiger partial charge >= 0.3 is 11.7 Å². The van der Waals surface area contributed by atoms with Crippen LogP contribution in [0.25, 0.3) is 22.6 Å². The lowest BCUT2D eigenvalue weighted by molar-refractivity contribution is -0.145. The number of hydrogen-bond donors (Lipinski definition) is 1. The van der Waals surface area contributed by atoms with Gasteiger partial charge in [0.05, 0.1) is 6.42 Å². The Morgan fingerprint density at radius 3 is 2.71 bits per heavy atom. The third-order valence-corrected chi connectivity index (χ3v) is 5.32. The third-order valence-electron chi connectivity index (χ3n) is 5.32. The van der Waals surface area contributed by atoms with Crippen molar-refractivity contribution in [3.63, 3.8) is 0 Å². The standard InChI is InChI=1S/C22H23FN6O5/c1-3-4-11-29-20-18(21(31)26-22(29)32)28(2)15(24-20)12-33-17(30)10-9-16-25-19(27-34-16)13-5-7-14(23)8-6-13/h5-8H,3-4,9-12H2,1-2H3,(H,26,31,32). The van der Waals surface area contributed by atoms with Gasteiger partial charge in [-0.3, -0.25) is 19.1 Å². The highest BCUT2D eigenvalue weighted by atomic mass is 19.1. The first-order valence-corrected chi connectivity index (χ1v) is 10.8. The molecule has 12 heteroatoms. The van der Waals surface area contributed by atoms with Crippen molar-refractivity contribution in [2.75, 3.05) is 0 Å². The van der Waals surface area contributed by atoms with Crippen molar-refractivity contribution < 1.29 is 18.4 Å². The first kappa shape index (κ1) is 23.1. The summed E-state index contributed by atoms with van der Waals surface area (Å²) in [6.07, 6.45) is 1.76. The second-order valence-corrected chi connectivity index (χ2v) is 7.70. The number of nitrogens with zero attached hydrogens (tertiary/aromatic N) is 5. The Labute approximate surface area is 192 Å². The highest BCUT2D eigenvalue weighted by Gasteiger charge is 2.18. The summed E-state index contributed by atoms with van der Waals surface area (Å²) < 4.78 is 26.4. The molecule has 0 bridgehead atoms. The van der Waals surface area contributed by atoms with Crippen molar-refractivity contribution in [3.8, 4) is 11.4 Å². The fourth-order valence-corrected chi connectivity index (χ4v) is 3.44. The molecule has 0 unspecified atom stereocenters. The number of halogens is 1. The fourth-order valence-electron chi connectivity index (χ4n) is 3.44. The van der Waals surface area contributed by atoms with Crippen LogP contribution in [0.2, 0.25) is 0 Å². The summed E-state index contributed by atoms with van der Waals surface area (Å²) in [6, 6.07) is 5.64. The van der Waals surface area contributed by atoms with Crippen molar-refractivity contribution in [1.29, 1.82) is 0 Å². The first-order valence-electron chi connectivity index (χ1n) is 10.8. The van der Waals surface area contributed by atoms with Gasteiger partial charge in [-0.1, -0.05) is 18.5 Å². The van der Waals surface area contributed by atoms with Gasteiger partial charge in [-0.25, -0.2) is 14.2 Å². The molecule has 0 saturated heterocycles. The number of fused-ring (bicyclic) bond motifs is 1. The predicted molar refractivity (Wildman–Crippen MR) is 118 cm³/mol. The zero-order valence-electron chi connectivity index (χ0n) is 18.7. The molecule has 0 atom stereocenters. The molecule has 1 aromatic carbocycles. The Morgan fingerprint density at radius 2 is 1.97 bits per heavy atom. The molecule has 0 amide bonds. The van der Waals surface area contributed by atoms with E-state index in [2.05, 4.69) is 20.1 Å². The SMILES string of the molecule is CCCCn1c(=O)[nH]c(=O)c2c1nc(COC(=O)CCc1nc(-c3ccc(F)cc3)no1)n2C. The number of aryl methyl sites for hydroxylation is 3. The minimum atomic E-state index is -0.548. The van der Waals surface area contributed by atoms with E-state index in [1.54, 1.807) is 7.05 Å². The number of hydrogen-bond acceptors (Lipinski definition) is 8. The van der Waals surface area contributed by atoms with E-state index in [9.17, 15) is 18.8 Å². The monoisotopic (exact) mass is 470 g/mol. The van der Waals surface area contributed by atoms with E-state index in [0.717, 1.165) is 12.8 Å². The highest BCUT2D eigenvalue weighted by Crippen LogP contribution is 2.17. The molecular formula is C22H23FN6O5. The number of imidazole rings is 1. The van der Waals surface area contributed by atoms with Crippen LogP contribution in [0.1, 0.15) is 37.9 Å². The van der Waals surface area contributed by atoms with Crippen LogP contribution in [0, 0.1) is 5.82 Å². The van der Waals surface area contributed by atoms with Crippen molar-refractivity contribution >= 4 is 17.1 Å². The lowest BCUT2D eigenvalue weighted by atomic mass is 10.2. The van der Waals surface area contributed by atoms with Crippen molar-refractivity contribution in [1.82, 2.24) is 29.2 Å². The Balaban J connectivity index is 1.40. The van der Waals surface area contributed by atoms with Gasteiger partial charge in [-0.2, -0.15) is 4.98 Å². The molecule has 11 nitrogen and oxygen atoms in total. The van der Waals surface area contributed by atoms with E-state index in [-0.39, 0.29) is 42.3 Å². The van der Waals surface area contributed by atoms with Crippen LogP contribution in [-0.2, 0) is 36.2 Å². The summed E-state index contributed by atoms with van der Waals surface area (Å²) in [5, 5.41) is 3.83. The number of aromatic amines is 1. The molecule has 3 aromatic heterocycles. The Hall–Kier alpha value is -4.09. The maximum atomic E-state index is 13.1. The Kier molecular flexibility index (Phi) is 6.66. The number of H-pyrrole nitrogens is 1. The number of aromatic nitrogens is 6. The average Bonchev–Trinajstić information content (AvgIpc) is 3.41. The number of rotatable bonds is 9. The predicted octanol–water partition coefficient (Wildman–Crippen LogP) is 2.09. The number of esters is 1. The summed E-state index contributed by atoms with van der Waals surface area (Å²) >= 11 is 0. The van der Waals surface area contributed by atoms with Gasteiger partial charge in [0.15, 0.2) is 11.2 Å². The Bertz CT molecular complexity index is 1430. The van der Waals surface area contributed by atoms with Gasteiger partial charge in [0.1, 0.15) is 18.2 Å². The number of nitrogens with one attached hydrogen (secondary N) is 1. The largest absolute Gasteiger partial charge is 0.457 e. The normalized spacial score (nSPS) is 11.3.